The fraction of sp³-hybridized carbons (Fsp3) is 0.488. The summed E-state index contributed by atoms with van der Waals surface area (Å²) in [5, 5.41) is 2.78. The molecule has 4 atom stereocenters. The molecular formula is C43H54N6O5. The summed E-state index contributed by atoms with van der Waals surface area (Å²) in [6.45, 7) is 7.24. The third-order valence-electron chi connectivity index (χ3n) is 11.7. The van der Waals surface area contributed by atoms with E-state index in [0.717, 1.165) is 103 Å². The fourth-order valence-electron chi connectivity index (χ4n) is 8.62. The number of imidazole rings is 1. The number of rotatable bonds is 11. The number of nitrogens with zero attached hydrogens (tertiary/aromatic N) is 3. The van der Waals surface area contributed by atoms with E-state index in [1.165, 1.54) is 18.2 Å². The third-order valence-corrected chi connectivity index (χ3v) is 11.7. The molecule has 11 heteroatoms. The lowest BCUT2D eigenvalue weighted by molar-refractivity contribution is -0.136. The molecule has 54 heavy (non-hydrogen) atoms. The minimum Gasteiger partial charge on any atom is -0.453 e. The first-order chi connectivity index (χ1) is 26.2. The van der Waals surface area contributed by atoms with Crippen LogP contribution in [0.1, 0.15) is 100 Å². The number of carbonyl (C=O) groups excluding carboxylic acids is 3. The molecule has 4 aromatic rings. The van der Waals surface area contributed by atoms with Crippen LogP contribution in [0.5, 0.6) is 0 Å². The first-order valence-electron chi connectivity index (χ1n) is 19.6. The van der Waals surface area contributed by atoms with Gasteiger partial charge in [0.15, 0.2) is 0 Å². The maximum absolute atomic E-state index is 13.9. The van der Waals surface area contributed by atoms with Crippen LogP contribution in [-0.2, 0) is 31.9 Å². The van der Waals surface area contributed by atoms with Crippen LogP contribution in [0.4, 0.5) is 4.79 Å². The Kier molecular flexibility index (Phi) is 11.2. The maximum atomic E-state index is 13.9. The average Bonchev–Trinajstić information content (AvgIpc) is 4.02. The van der Waals surface area contributed by atoms with Crippen molar-refractivity contribution in [3.8, 4) is 33.6 Å². The molecule has 2 aromatic heterocycles. The number of methoxy groups -OCH3 is 2. The van der Waals surface area contributed by atoms with E-state index in [2.05, 4.69) is 63.8 Å². The second-order valence-corrected chi connectivity index (χ2v) is 15.5. The van der Waals surface area contributed by atoms with Gasteiger partial charge in [0.05, 0.1) is 43.6 Å². The highest BCUT2D eigenvalue weighted by Crippen LogP contribution is 2.42. The molecule has 2 fully saturated rings. The third kappa shape index (κ3) is 7.56. The van der Waals surface area contributed by atoms with Gasteiger partial charge >= 0.3 is 6.09 Å². The molecular weight excluding hydrogens is 681 g/mol. The van der Waals surface area contributed by atoms with Crippen molar-refractivity contribution in [2.45, 2.75) is 103 Å². The smallest absolute Gasteiger partial charge is 0.407 e. The van der Waals surface area contributed by atoms with Crippen molar-refractivity contribution >= 4 is 17.9 Å². The molecule has 0 bridgehead atoms. The Bertz CT molecular complexity index is 1950. The van der Waals surface area contributed by atoms with Gasteiger partial charge in [0.25, 0.3) is 0 Å². The topological polar surface area (TPSA) is 133 Å². The molecule has 2 aliphatic heterocycles. The number of hydrogen-bond donors (Lipinski definition) is 3. The first-order valence-corrected chi connectivity index (χ1v) is 19.6. The van der Waals surface area contributed by atoms with Crippen LogP contribution in [0.15, 0.2) is 54.7 Å². The Labute approximate surface area is 318 Å². The predicted molar refractivity (Wildman–Crippen MR) is 209 cm³/mol. The molecule has 0 radical (unpaired) electrons. The molecule has 1 aliphatic carbocycles. The van der Waals surface area contributed by atoms with Gasteiger partial charge in [0, 0.05) is 31.6 Å². The van der Waals surface area contributed by atoms with Crippen molar-refractivity contribution in [2.24, 2.45) is 5.92 Å². The number of fused-ring (bicyclic) bond motifs is 1. The van der Waals surface area contributed by atoms with Crippen LogP contribution >= 0.6 is 0 Å². The van der Waals surface area contributed by atoms with Crippen molar-refractivity contribution in [3.05, 3.63) is 77.4 Å². The largest absolute Gasteiger partial charge is 0.453 e. The molecule has 2 saturated heterocycles. The maximum Gasteiger partial charge on any atom is 0.407 e. The molecule has 3 amide bonds. The van der Waals surface area contributed by atoms with Gasteiger partial charge in [-0.3, -0.25) is 9.59 Å². The van der Waals surface area contributed by atoms with Gasteiger partial charge in [-0.1, -0.05) is 62.4 Å². The van der Waals surface area contributed by atoms with E-state index in [0.29, 0.717) is 13.0 Å². The van der Waals surface area contributed by atoms with Crippen molar-refractivity contribution < 1.29 is 23.9 Å². The van der Waals surface area contributed by atoms with Crippen molar-refractivity contribution in [3.63, 3.8) is 0 Å². The number of hydrogen-bond acceptors (Lipinski definition) is 6. The van der Waals surface area contributed by atoms with E-state index in [9.17, 15) is 14.4 Å². The van der Waals surface area contributed by atoms with Crippen LogP contribution < -0.4 is 5.32 Å². The lowest BCUT2D eigenvalue weighted by atomic mass is 9.88. The minimum atomic E-state index is -0.642. The van der Waals surface area contributed by atoms with Crippen molar-refractivity contribution in [2.75, 3.05) is 27.3 Å². The molecule has 286 valence electrons. The monoisotopic (exact) mass is 734 g/mol. The van der Waals surface area contributed by atoms with E-state index < -0.39 is 12.1 Å². The van der Waals surface area contributed by atoms with Crippen LogP contribution in [0.3, 0.4) is 0 Å². The highest BCUT2D eigenvalue weighted by Gasteiger charge is 2.39. The number of nitrogens with one attached hydrogen (secondary N) is 3. The molecule has 3 aliphatic rings. The van der Waals surface area contributed by atoms with E-state index in [1.807, 2.05) is 36.8 Å². The SMILES string of the molecule is COC(=O)N[C@H](C(=O)N1CCC[C@H]1c1[nH]c(-c2ccc(-c3ccc(-c4cnc([C@@H]5CCCN5C(=O)C[C@@H](C)OC)[nH]4)cc3)cc2)c2c1CCCC2)C(C)C. The molecule has 4 heterocycles. The quantitative estimate of drug-likeness (QED) is 0.144. The van der Waals surface area contributed by atoms with Gasteiger partial charge in [-0.25, -0.2) is 9.78 Å². The van der Waals surface area contributed by atoms with Gasteiger partial charge in [0.1, 0.15) is 11.9 Å². The zero-order valence-electron chi connectivity index (χ0n) is 32.2. The van der Waals surface area contributed by atoms with E-state index >= 15 is 0 Å². The highest BCUT2D eigenvalue weighted by atomic mass is 16.5. The Hall–Kier alpha value is -4.90. The molecule has 0 saturated carbocycles. The lowest BCUT2D eigenvalue weighted by Gasteiger charge is -2.31. The molecule has 7 rings (SSSR count). The molecule has 2 aromatic carbocycles. The summed E-state index contributed by atoms with van der Waals surface area (Å²) < 4.78 is 10.2. The Morgan fingerprint density at radius 2 is 1.41 bits per heavy atom. The second-order valence-electron chi connectivity index (χ2n) is 15.5. The molecule has 11 nitrogen and oxygen atoms in total. The number of H-pyrrole nitrogens is 2. The van der Waals surface area contributed by atoms with Gasteiger partial charge in [0.2, 0.25) is 11.8 Å². The molecule has 0 spiro atoms. The summed E-state index contributed by atoms with van der Waals surface area (Å²) >= 11 is 0. The summed E-state index contributed by atoms with van der Waals surface area (Å²) in [4.78, 5) is 54.9. The number of likely N-dealkylation sites (tertiary alicyclic amines) is 2. The number of amides is 3. The number of benzene rings is 2. The summed E-state index contributed by atoms with van der Waals surface area (Å²) in [6, 6.07) is 16.5. The van der Waals surface area contributed by atoms with E-state index in [4.69, 9.17) is 14.5 Å². The summed E-state index contributed by atoms with van der Waals surface area (Å²) in [7, 11) is 2.96. The van der Waals surface area contributed by atoms with E-state index in [-0.39, 0.29) is 35.9 Å². The molecule has 3 N–H and O–H groups in total. The van der Waals surface area contributed by atoms with Crippen molar-refractivity contribution in [1.29, 1.82) is 0 Å². The standard InChI is InChI=1S/C43H54N6O5/c1-26(2)38(47-43(52)54-5)42(51)49-23-8-12-35(49)40-33-11-7-6-10-32(33)39(46-40)31-20-16-29(17-21-31)28-14-18-30(19-15-28)34-25-44-41(45-34)36-13-9-22-48(36)37(50)24-27(3)53-4/h14-21,25-27,35-36,38,46H,6-13,22-24H2,1-5H3,(H,44,45)(H,47,52)/t27-,35+,36+,38+/m1/s1. The van der Waals surface area contributed by atoms with Gasteiger partial charge < -0.3 is 34.6 Å². The average molecular weight is 735 g/mol. The minimum absolute atomic E-state index is 0.0402. The lowest BCUT2D eigenvalue weighted by Crippen LogP contribution is -2.51. The zero-order valence-corrected chi connectivity index (χ0v) is 32.2. The van der Waals surface area contributed by atoms with Crippen LogP contribution in [0.25, 0.3) is 33.6 Å². The van der Waals surface area contributed by atoms with Gasteiger partial charge in [-0.2, -0.15) is 0 Å². The van der Waals surface area contributed by atoms with Crippen molar-refractivity contribution in [1.82, 2.24) is 30.1 Å². The Morgan fingerprint density at radius 3 is 2.06 bits per heavy atom. The van der Waals surface area contributed by atoms with Crippen LogP contribution in [-0.4, -0.2) is 82.1 Å². The normalized spacial score (nSPS) is 19.5. The summed E-state index contributed by atoms with van der Waals surface area (Å²) in [6.07, 6.45) is 9.52. The number of ether oxygens (including phenoxy) is 2. The second kappa shape index (κ2) is 16.2. The predicted octanol–water partition coefficient (Wildman–Crippen LogP) is 7.75. The number of aromatic amines is 2. The summed E-state index contributed by atoms with van der Waals surface area (Å²) in [5.74, 6) is 0.816. The van der Waals surface area contributed by atoms with E-state index in [1.54, 1.807) is 7.11 Å². The van der Waals surface area contributed by atoms with Crippen LogP contribution in [0.2, 0.25) is 0 Å². The van der Waals surface area contributed by atoms with Gasteiger partial charge in [-0.15, -0.1) is 0 Å². The Morgan fingerprint density at radius 1 is 0.796 bits per heavy atom. The highest BCUT2D eigenvalue weighted by molar-refractivity contribution is 5.86. The molecule has 0 unspecified atom stereocenters. The first kappa shape index (κ1) is 37.4. The zero-order chi connectivity index (χ0) is 37.9. The Balaban J connectivity index is 1.07. The van der Waals surface area contributed by atoms with Gasteiger partial charge in [-0.05, 0) is 97.6 Å². The number of alkyl carbamates (subject to hydrolysis) is 1. The van der Waals surface area contributed by atoms with Crippen LogP contribution in [0, 0.1) is 5.92 Å². The fourth-order valence-corrected chi connectivity index (χ4v) is 8.62. The number of aromatic nitrogens is 3. The summed E-state index contributed by atoms with van der Waals surface area (Å²) in [5.41, 5.74) is 10.4. The number of carbonyl (C=O) groups is 3.